The van der Waals surface area contributed by atoms with Gasteiger partial charge in [0.1, 0.15) is 30.5 Å². The maximum atomic E-state index is 12.6. The number of ether oxygens (including phenoxy) is 4. The molecule has 8 heteroatoms. The zero-order chi connectivity index (χ0) is 26.0. The van der Waals surface area contributed by atoms with Gasteiger partial charge in [-0.1, -0.05) is 17.7 Å². The number of hydrogen-bond donors (Lipinski definition) is 1. The minimum absolute atomic E-state index is 0.190. The van der Waals surface area contributed by atoms with Crippen molar-refractivity contribution in [1.82, 2.24) is 0 Å². The van der Waals surface area contributed by atoms with Crippen molar-refractivity contribution in [1.29, 1.82) is 0 Å². The Morgan fingerprint density at radius 1 is 0.757 bits per heavy atom. The summed E-state index contributed by atoms with van der Waals surface area (Å²) >= 11 is 5.88. The molecule has 1 amide bonds. The third-order valence-electron chi connectivity index (χ3n) is 5.21. The van der Waals surface area contributed by atoms with E-state index in [9.17, 15) is 4.79 Å². The van der Waals surface area contributed by atoms with E-state index in [2.05, 4.69) is 5.32 Å². The van der Waals surface area contributed by atoms with Gasteiger partial charge >= 0.3 is 0 Å². The van der Waals surface area contributed by atoms with Crippen LogP contribution in [0.3, 0.4) is 0 Å². The fourth-order valence-electron chi connectivity index (χ4n) is 3.44. The van der Waals surface area contributed by atoms with Gasteiger partial charge in [0.05, 0.1) is 13.2 Å². The largest absolute Gasteiger partial charge is 0.490 e. The highest BCUT2D eigenvalue weighted by atomic mass is 35.5. The standard InChI is InChI=1S/C29H28ClNO6/c1-3-33-26-15-5-20(17-28(26)34-4-2)18-35-24-12-8-22(9-13-24)31-29(32)27-16-14-25(37-27)19-36-23-10-6-21(30)7-11-23/h5-17H,3-4,18-19H2,1-2H3,(H,31,32). The summed E-state index contributed by atoms with van der Waals surface area (Å²) in [5.74, 6) is 3.11. The van der Waals surface area contributed by atoms with Crippen LogP contribution in [0.15, 0.2) is 83.3 Å². The quantitative estimate of drug-likeness (QED) is 0.213. The second-order valence-electron chi connectivity index (χ2n) is 7.92. The predicted octanol–water partition coefficient (Wildman–Crippen LogP) is 7.14. The summed E-state index contributed by atoms with van der Waals surface area (Å²) in [6.45, 7) is 5.55. The number of rotatable bonds is 12. The van der Waals surface area contributed by atoms with Crippen molar-refractivity contribution in [3.8, 4) is 23.0 Å². The summed E-state index contributed by atoms with van der Waals surface area (Å²) < 4.78 is 28.4. The molecule has 37 heavy (non-hydrogen) atoms. The molecule has 0 saturated heterocycles. The molecule has 7 nitrogen and oxygen atoms in total. The number of benzene rings is 3. The Kier molecular flexibility index (Phi) is 8.94. The first-order chi connectivity index (χ1) is 18.0. The average molecular weight is 522 g/mol. The summed E-state index contributed by atoms with van der Waals surface area (Å²) in [4.78, 5) is 12.6. The molecule has 0 atom stereocenters. The molecule has 1 aromatic heterocycles. The number of carbonyl (C=O) groups is 1. The lowest BCUT2D eigenvalue weighted by molar-refractivity contribution is 0.0992. The van der Waals surface area contributed by atoms with Gasteiger partial charge in [0, 0.05) is 10.7 Å². The van der Waals surface area contributed by atoms with Crippen molar-refractivity contribution in [3.05, 3.63) is 101 Å². The van der Waals surface area contributed by atoms with Crippen molar-refractivity contribution in [2.75, 3.05) is 18.5 Å². The molecule has 1 heterocycles. The first-order valence-corrected chi connectivity index (χ1v) is 12.3. The molecule has 4 aromatic rings. The molecule has 0 aliphatic carbocycles. The van der Waals surface area contributed by atoms with E-state index < -0.39 is 0 Å². The third-order valence-corrected chi connectivity index (χ3v) is 5.46. The zero-order valence-electron chi connectivity index (χ0n) is 20.7. The normalized spacial score (nSPS) is 10.6. The second kappa shape index (κ2) is 12.7. The van der Waals surface area contributed by atoms with E-state index in [1.54, 1.807) is 60.7 Å². The van der Waals surface area contributed by atoms with E-state index in [1.807, 2.05) is 32.0 Å². The lowest BCUT2D eigenvalue weighted by Crippen LogP contribution is -2.10. The van der Waals surface area contributed by atoms with Gasteiger partial charge in [0.2, 0.25) is 0 Å². The molecule has 1 N–H and O–H groups in total. The Balaban J connectivity index is 1.28. The molecule has 0 fully saturated rings. The number of halogens is 1. The van der Waals surface area contributed by atoms with Gasteiger partial charge in [-0.15, -0.1) is 0 Å². The highest BCUT2D eigenvalue weighted by Gasteiger charge is 2.12. The van der Waals surface area contributed by atoms with Crippen molar-refractivity contribution in [2.45, 2.75) is 27.1 Å². The average Bonchev–Trinajstić information content (AvgIpc) is 3.39. The number of hydrogen-bond acceptors (Lipinski definition) is 6. The van der Waals surface area contributed by atoms with Crippen LogP contribution in [-0.2, 0) is 13.2 Å². The van der Waals surface area contributed by atoms with E-state index in [1.165, 1.54) is 0 Å². The molecule has 0 bridgehead atoms. The van der Waals surface area contributed by atoms with Gasteiger partial charge in [-0.2, -0.15) is 0 Å². The Morgan fingerprint density at radius 2 is 1.41 bits per heavy atom. The molecule has 0 unspecified atom stereocenters. The van der Waals surface area contributed by atoms with Crippen molar-refractivity contribution < 1.29 is 28.2 Å². The van der Waals surface area contributed by atoms with Gasteiger partial charge in [0.25, 0.3) is 5.91 Å². The Bertz CT molecular complexity index is 1300. The fraction of sp³-hybridized carbons (Fsp3) is 0.207. The fourth-order valence-corrected chi connectivity index (χ4v) is 3.57. The van der Waals surface area contributed by atoms with Gasteiger partial charge < -0.3 is 28.7 Å². The zero-order valence-corrected chi connectivity index (χ0v) is 21.4. The van der Waals surface area contributed by atoms with Gasteiger partial charge in [-0.3, -0.25) is 4.79 Å². The van der Waals surface area contributed by atoms with Crippen LogP contribution in [-0.4, -0.2) is 19.1 Å². The SMILES string of the molecule is CCOc1ccc(COc2ccc(NC(=O)c3ccc(COc4ccc(Cl)cc4)o3)cc2)cc1OCC. The smallest absolute Gasteiger partial charge is 0.291 e. The lowest BCUT2D eigenvalue weighted by Gasteiger charge is -2.13. The van der Waals surface area contributed by atoms with E-state index in [4.69, 9.17) is 35.0 Å². The Morgan fingerprint density at radius 3 is 2.11 bits per heavy atom. The van der Waals surface area contributed by atoms with Crippen molar-refractivity contribution >= 4 is 23.2 Å². The molecule has 0 aliphatic heterocycles. The third kappa shape index (κ3) is 7.44. The molecule has 4 rings (SSSR count). The maximum absolute atomic E-state index is 12.6. The molecule has 192 valence electrons. The number of carbonyl (C=O) groups excluding carboxylic acids is 1. The Hall–Kier alpha value is -4.10. The molecule has 0 saturated carbocycles. The molecular formula is C29H28ClNO6. The van der Waals surface area contributed by atoms with Crippen LogP contribution in [0.25, 0.3) is 0 Å². The van der Waals surface area contributed by atoms with Gasteiger partial charge in [-0.25, -0.2) is 0 Å². The Labute approximate surface area is 220 Å². The minimum Gasteiger partial charge on any atom is -0.490 e. The number of anilines is 1. The lowest BCUT2D eigenvalue weighted by atomic mass is 10.2. The minimum atomic E-state index is -0.357. The van der Waals surface area contributed by atoms with Gasteiger partial charge in [0.15, 0.2) is 17.3 Å². The van der Waals surface area contributed by atoms with Crippen molar-refractivity contribution in [2.24, 2.45) is 0 Å². The van der Waals surface area contributed by atoms with E-state index in [0.29, 0.717) is 59.3 Å². The number of amides is 1. The molecule has 0 aliphatic rings. The van der Waals surface area contributed by atoms with Crippen LogP contribution in [0, 0.1) is 0 Å². The molecule has 0 spiro atoms. The summed E-state index contributed by atoms with van der Waals surface area (Å²) in [5, 5.41) is 3.45. The first kappa shape index (κ1) is 26.0. The molecular weight excluding hydrogens is 494 g/mol. The topological polar surface area (TPSA) is 79.2 Å². The molecule has 3 aromatic carbocycles. The van der Waals surface area contributed by atoms with Gasteiger partial charge in [-0.05, 0) is 92.2 Å². The van der Waals surface area contributed by atoms with Crippen LogP contribution >= 0.6 is 11.6 Å². The van der Waals surface area contributed by atoms with E-state index in [-0.39, 0.29) is 18.3 Å². The number of furan rings is 1. The van der Waals surface area contributed by atoms with Crippen LogP contribution in [0.4, 0.5) is 5.69 Å². The monoisotopic (exact) mass is 521 g/mol. The maximum Gasteiger partial charge on any atom is 0.291 e. The summed E-state index contributed by atoms with van der Waals surface area (Å²) in [5.41, 5.74) is 1.57. The highest BCUT2D eigenvalue weighted by Crippen LogP contribution is 2.29. The van der Waals surface area contributed by atoms with Crippen LogP contribution < -0.4 is 24.3 Å². The molecule has 0 radical (unpaired) electrons. The summed E-state index contributed by atoms with van der Waals surface area (Å²) in [7, 11) is 0. The van der Waals surface area contributed by atoms with Crippen molar-refractivity contribution in [3.63, 3.8) is 0 Å². The van der Waals surface area contributed by atoms with E-state index in [0.717, 1.165) is 5.56 Å². The van der Waals surface area contributed by atoms with Crippen LogP contribution in [0.5, 0.6) is 23.0 Å². The second-order valence-corrected chi connectivity index (χ2v) is 8.36. The van der Waals surface area contributed by atoms with Crippen LogP contribution in [0.2, 0.25) is 5.02 Å². The highest BCUT2D eigenvalue weighted by molar-refractivity contribution is 6.30. The number of nitrogens with one attached hydrogen (secondary N) is 1. The summed E-state index contributed by atoms with van der Waals surface area (Å²) in [6, 6.07) is 23.2. The first-order valence-electron chi connectivity index (χ1n) is 11.9. The van der Waals surface area contributed by atoms with Crippen LogP contribution in [0.1, 0.15) is 35.7 Å². The van der Waals surface area contributed by atoms with E-state index >= 15 is 0 Å². The summed E-state index contributed by atoms with van der Waals surface area (Å²) in [6.07, 6.45) is 0. The predicted molar refractivity (Wildman–Crippen MR) is 142 cm³/mol.